The van der Waals surface area contributed by atoms with E-state index in [1.165, 1.54) is 0 Å². The fourth-order valence-electron chi connectivity index (χ4n) is 1.20. The Morgan fingerprint density at radius 2 is 2.67 bits per heavy atom. The summed E-state index contributed by atoms with van der Waals surface area (Å²) < 4.78 is 0. The maximum absolute atomic E-state index is 8.51. The van der Waals surface area contributed by atoms with Gasteiger partial charge in [-0.15, -0.1) is 0 Å². The first-order valence-electron chi connectivity index (χ1n) is 3.92. The molecule has 0 aromatic rings. The largest absolute Gasteiger partial charge is 0.329 e. The second-order valence-electron chi connectivity index (χ2n) is 2.70. The molecule has 0 aromatic heterocycles. The molecular weight excluding hydrogens is 154 g/mol. The van der Waals surface area contributed by atoms with Crippen LogP contribution >= 0.6 is 0 Å². The predicted octanol–water partition coefficient (Wildman–Crippen LogP) is -0.578. The van der Waals surface area contributed by atoms with Crippen LogP contribution in [0.1, 0.15) is 13.3 Å². The van der Waals surface area contributed by atoms with Crippen molar-refractivity contribution in [2.24, 2.45) is 10.7 Å². The maximum Gasteiger partial charge on any atom is 0.118 e. The number of nitriles is 1. The van der Waals surface area contributed by atoms with E-state index < -0.39 is 0 Å². The highest BCUT2D eigenvalue weighted by molar-refractivity contribution is 5.55. The van der Waals surface area contributed by atoms with Crippen molar-refractivity contribution in [1.29, 1.82) is 5.26 Å². The monoisotopic (exact) mass is 167 g/mol. The van der Waals surface area contributed by atoms with Crippen LogP contribution in [0.15, 0.2) is 4.99 Å². The topological polar surface area (TPSA) is 77.4 Å². The molecule has 12 heavy (non-hydrogen) atoms. The molecule has 0 radical (unpaired) electrons. The molecule has 66 valence electrons. The lowest BCUT2D eigenvalue weighted by Crippen LogP contribution is -2.48. The zero-order chi connectivity index (χ0) is 8.97. The minimum absolute atomic E-state index is 0.0486. The molecule has 1 heterocycles. The molecule has 0 amide bonds. The van der Waals surface area contributed by atoms with Crippen LogP contribution in [0.25, 0.3) is 0 Å². The number of aliphatic imine (C=N–C) groups is 1. The molecule has 1 aliphatic rings. The lowest BCUT2D eigenvalue weighted by Gasteiger charge is -2.26. The molecule has 5 heteroatoms. The summed E-state index contributed by atoms with van der Waals surface area (Å²) in [6.45, 7) is 2.42. The molecule has 0 fully saturated rings. The Hall–Kier alpha value is -1.12. The van der Waals surface area contributed by atoms with Crippen LogP contribution in [0.4, 0.5) is 0 Å². The number of nitrogens with zero attached hydrogens (tertiary/aromatic N) is 3. The van der Waals surface area contributed by atoms with E-state index in [4.69, 9.17) is 11.0 Å². The normalized spacial score (nSPS) is 24.9. The third kappa shape index (κ3) is 1.72. The minimum atomic E-state index is 0.0486. The van der Waals surface area contributed by atoms with Crippen molar-refractivity contribution in [2.75, 3.05) is 6.54 Å². The number of nitrogens with one attached hydrogen (secondary N) is 1. The summed E-state index contributed by atoms with van der Waals surface area (Å²) in [5.41, 5.74) is 8.47. The summed E-state index contributed by atoms with van der Waals surface area (Å²) >= 11 is 0. The first-order chi connectivity index (χ1) is 5.79. The number of hydrogen-bond acceptors (Lipinski definition) is 5. The Balaban J connectivity index is 2.50. The van der Waals surface area contributed by atoms with Crippen molar-refractivity contribution < 1.29 is 0 Å². The average molecular weight is 167 g/mol. The minimum Gasteiger partial charge on any atom is -0.329 e. The molecule has 0 bridgehead atoms. The highest BCUT2D eigenvalue weighted by Gasteiger charge is 2.23. The summed E-state index contributed by atoms with van der Waals surface area (Å²) in [6, 6.07) is 2.15. The van der Waals surface area contributed by atoms with Gasteiger partial charge in [-0.1, -0.05) is 0 Å². The molecule has 0 aromatic carbocycles. The van der Waals surface area contributed by atoms with E-state index in [0.717, 1.165) is 0 Å². The Labute approximate surface area is 71.8 Å². The Kier molecular flexibility index (Phi) is 3.02. The molecule has 1 aliphatic heterocycles. The van der Waals surface area contributed by atoms with Crippen LogP contribution in [0.5, 0.6) is 0 Å². The summed E-state index contributed by atoms with van der Waals surface area (Å²) in [5.74, 6) is 0. The number of hydrazine groups is 1. The number of rotatable bonds is 3. The SMILES string of the molecule is CC1N=CNN1C(CN)CC#N. The number of hydrogen-bond donors (Lipinski definition) is 2. The zero-order valence-corrected chi connectivity index (χ0v) is 7.07. The van der Waals surface area contributed by atoms with Gasteiger partial charge in [-0.25, -0.2) is 0 Å². The third-order valence-corrected chi connectivity index (χ3v) is 1.89. The van der Waals surface area contributed by atoms with Crippen molar-refractivity contribution >= 4 is 6.34 Å². The van der Waals surface area contributed by atoms with E-state index in [9.17, 15) is 0 Å². The van der Waals surface area contributed by atoms with Gasteiger partial charge in [0.25, 0.3) is 0 Å². The number of nitrogens with two attached hydrogens (primary N) is 1. The smallest absolute Gasteiger partial charge is 0.118 e. The molecule has 0 spiro atoms. The second kappa shape index (κ2) is 4.04. The van der Waals surface area contributed by atoms with Gasteiger partial charge in [-0.3, -0.25) is 4.99 Å². The summed E-state index contributed by atoms with van der Waals surface area (Å²) in [4.78, 5) is 4.09. The zero-order valence-electron chi connectivity index (χ0n) is 7.07. The predicted molar refractivity (Wildman–Crippen MR) is 46.0 cm³/mol. The van der Waals surface area contributed by atoms with Gasteiger partial charge in [0.2, 0.25) is 0 Å². The van der Waals surface area contributed by atoms with Gasteiger partial charge in [0.1, 0.15) is 6.17 Å². The van der Waals surface area contributed by atoms with Crippen molar-refractivity contribution in [3.05, 3.63) is 0 Å². The third-order valence-electron chi connectivity index (χ3n) is 1.89. The summed E-state index contributed by atoms with van der Waals surface area (Å²) in [5, 5.41) is 10.4. The first kappa shape index (κ1) is 8.97. The van der Waals surface area contributed by atoms with Gasteiger partial charge in [-0.05, 0) is 6.92 Å². The highest BCUT2D eigenvalue weighted by Crippen LogP contribution is 2.08. The van der Waals surface area contributed by atoms with Crippen molar-refractivity contribution in [3.63, 3.8) is 0 Å². The quantitative estimate of drug-likeness (QED) is 0.589. The highest BCUT2D eigenvalue weighted by atomic mass is 15.6. The Morgan fingerprint density at radius 3 is 3.08 bits per heavy atom. The van der Waals surface area contributed by atoms with Gasteiger partial charge in [0.05, 0.1) is 24.9 Å². The Bertz CT molecular complexity index is 206. The van der Waals surface area contributed by atoms with E-state index in [1.54, 1.807) is 6.34 Å². The van der Waals surface area contributed by atoms with E-state index in [-0.39, 0.29) is 12.2 Å². The van der Waals surface area contributed by atoms with E-state index in [2.05, 4.69) is 16.5 Å². The molecule has 2 unspecified atom stereocenters. The molecule has 5 nitrogen and oxygen atoms in total. The molecule has 0 saturated carbocycles. The lowest BCUT2D eigenvalue weighted by molar-refractivity contribution is 0.140. The molecular formula is C7H13N5. The van der Waals surface area contributed by atoms with Crippen LogP contribution in [-0.4, -0.2) is 30.1 Å². The van der Waals surface area contributed by atoms with Crippen LogP contribution in [0, 0.1) is 11.3 Å². The Morgan fingerprint density at radius 1 is 1.92 bits per heavy atom. The standard InChI is InChI=1S/C7H13N5/c1-6-10-5-11-12(6)7(4-9)2-3-8/h5-7H,2,4,9H2,1H3,(H,10,11). The van der Waals surface area contributed by atoms with Gasteiger partial charge in [-0.2, -0.15) is 10.3 Å². The van der Waals surface area contributed by atoms with Crippen molar-refractivity contribution in [2.45, 2.75) is 25.6 Å². The van der Waals surface area contributed by atoms with Crippen molar-refractivity contribution in [3.8, 4) is 6.07 Å². The van der Waals surface area contributed by atoms with E-state index in [1.807, 2.05) is 11.9 Å². The molecule has 3 N–H and O–H groups in total. The van der Waals surface area contributed by atoms with Crippen LogP contribution in [0.2, 0.25) is 0 Å². The molecule has 0 aliphatic carbocycles. The molecule has 0 saturated heterocycles. The summed E-state index contributed by atoms with van der Waals surface area (Å²) in [6.07, 6.45) is 2.13. The van der Waals surface area contributed by atoms with E-state index in [0.29, 0.717) is 13.0 Å². The average Bonchev–Trinajstić information content (AvgIpc) is 2.47. The fourth-order valence-corrected chi connectivity index (χ4v) is 1.20. The van der Waals surface area contributed by atoms with Gasteiger partial charge < -0.3 is 11.2 Å². The van der Waals surface area contributed by atoms with Crippen LogP contribution in [-0.2, 0) is 0 Å². The van der Waals surface area contributed by atoms with Crippen LogP contribution in [0.3, 0.4) is 0 Å². The summed E-state index contributed by atoms with van der Waals surface area (Å²) in [7, 11) is 0. The van der Waals surface area contributed by atoms with Crippen molar-refractivity contribution in [1.82, 2.24) is 10.4 Å². The van der Waals surface area contributed by atoms with Gasteiger partial charge in [0.15, 0.2) is 0 Å². The van der Waals surface area contributed by atoms with E-state index >= 15 is 0 Å². The molecule has 2 atom stereocenters. The van der Waals surface area contributed by atoms with Crippen LogP contribution < -0.4 is 11.2 Å². The fraction of sp³-hybridized carbons (Fsp3) is 0.714. The first-order valence-corrected chi connectivity index (χ1v) is 3.92. The lowest BCUT2D eigenvalue weighted by atomic mass is 10.2. The van der Waals surface area contributed by atoms with Gasteiger partial charge >= 0.3 is 0 Å². The molecule has 1 rings (SSSR count). The maximum atomic E-state index is 8.51. The van der Waals surface area contributed by atoms with Gasteiger partial charge in [0, 0.05) is 6.54 Å². The second-order valence-corrected chi connectivity index (χ2v) is 2.70.